The Morgan fingerprint density at radius 2 is 2.41 bits per heavy atom. The Morgan fingerprint density at radius 1 is 1.47 bits per heavy atom. The van der Waals surface area contributed by atoms with Gasteiger partial charge in [0.2, 0.25) is 0 Å². The molecule has 0 aliphatic carbocycles. The zero-order chi connectivity index (χ0) is 11.9. The van der Waals surface area contributed by atoms with Gasteiger partial charge in [-0.1, -0.05) is 6.07 Å². The molecule has 1 fully saturated rings. The first-order valence-electron chi connectivity index (χ1n) is 5.86. The van der Waals surface area contributed by atoms with Gasteiger partial charge in [0, 0.05) is 37.8 Å². The number of carbonyl (C=O) groups excluding carboxylic acids is 1. The average molecular weight is 251 g/mol. The van der Waals surface area contributed by atoms with Crippen molar-refractivity contribution in [2.75, 3.05) is 24.6 Å². The number of rotatable bonds is 2. The van der Waals surface area contributed by atoms with Crippen molar-refractivity contribution in [3.63, 3.8) is 0 Å². The average Bonchev–Trinajstić information content (AvgIpc) is 2.66. The zero-order valence-corrected chi connectivity index (χ0v) is 10.6. The van der Waals surface area contributed by atoms with Crippen LogP contribution in [0.3, 0.4) is 0 Å². The van der Waals surface area contributed by atoms with Crippen LogP contribution in [-0.4, -0.2) is 40.5 Å². The Morgan fingerprint density at radius 3 is 3.24 bits per heavy atom. The van der Waals surface area contributed by atoms with E-state index in [-0.39, 0.29) is 6.03 Å². The molecule has 0 unspecified atom stereocenters. The molecule has 0 spiro atoms. The first kappa shape index (κ1) is 12.2. The predicted molar refractivity (Wildman–Crippen MR) is 70.0 cm³/mol. The van der Waals surface area contributed by atoms with Gasteiger partial charge in [0.15, 0.2) is 0 Å². The van der Waals surface area contributed by atoms with Crippen molar-refractivity contribution >= 4 is 17.8 Å². The highest BCUT2D eigenvalue weighted by atomic mass is 32.2. The second-order valence-electron chi connectivity index (χ2n) is 3.97. The summed E-state index contributed by atoms with van der Waals surface area (Å²) in [7, 11) is 0. The zero-order valence-electron chi connectivity index (χ0n) is 9.76. The summed E-state index contributed by atoms with van der Waals surface area (Å²) in [5.41, 5.74) is 1.03. The standard InChI is InChI=1S/C12H17N3OS/c16-12(15-5-2-7-17-8-6-15)14-10-11-3-1-4-13-9-11/h1,3-4,9H,2,5-8,10H2,(H,14,16). The summed E-state index contributed by atoms with van der Waals surface area (Å²) in [5.74, 6) is 2.20. The summed E-state index contributed by atoms with van der Waals surface area (Å²) in [5, 5.41) is 2.93. The van der Waals surface area contributed by atoms with Crippen molar-refractivity contribution in [2.45, 2.75) is 13.0 Å². The maximum Gasteiger partial charge on any atom is 0.317 e. The quantitative estimate of drug-likeness (QED) is 0.870. The fourth-order valence-corrected chi connectivity index (χ4v) is 2.63. The number of urea groups is 1. The Bertz CT molecular complexity index is 350. The molecular formula is C12H17N3OS. The number of aromatic nitrogens is 1. The number of carbonyl (C=O) groups is 1. The second kappa shape index (κ2) is 6.49. The fraction of sp³-hybridized carbons (Fsp3) is 0.500. The molecule has 0 aromatic carbocycles. The van der Waals surface area contributed by atoms with Gasteiger partial charge in [-0.2, -0.15) is 11.8 Å². The summed E-state index contributed by atoms with van der Waals surface area (Å²) in [6, 6.07) is 3.88. The van der Waals surface area contributed by atoms with Gasteiger partial charge in [-0.25, -0.2) is 4.79 Å². The van der Waals surface area contributed by atoms with Crippen molar-refractivity contribution in [1.29, 1.82) is 0 Å². The lowest BCUT2D eigenvalue weighted by Gasteiger charge is -2.20. The summed E-state index contributed by atoms with van der Waals surface area (Å²) < 4.78 is 0. The molecule has 1 aliphatic rings. The molecule has 5 heteroatoms. The molecule has 1 saturated heterocycles. The number of thioether (sulfide) groups is 1. The van der Waals surface area contributed by atoms with Gasteiger partial charge < -0.3 is 10.2 Å². The molecule has 4 nitrogen and oxygen atoms in total. The van der Waals surface area contributed by atoms with E-state index < -0.39 is 0 Å². The van der Waals surface area contributed by atoms with Gasteiger partial charge in [-0.05, 0) is 23.8 Å². The smallest absolute Gasteiger partial charge is 0.317 e. The lowest BCUT2D eigenvalue weighted by Crippen LogP contribution is -2.40. The van der Waals surface area contributed by atoms with E-state index >= 15 is 0 Å². The van der Waals surface area contributed by atoms with Crippen LogP contribution in [-0.2, 0) is 6.54 Å². The maximum absolute atomic E-state index is 11.9. The van der Waals surface area contributed by atoms with Crippen molar-refractivity contribution in [1.82, 2.24) is 15.2 Å². The summed E-state index contributed by atoms with van der Waals surface area (Å²) in [4.78, 5) is 17.8. The minimum atomic E-state index is 0.0383. The number of pyridine rings is 1. The van der Waals surface area contributed by atoms with Crippen molar-refractivity contribution in [3.8, 4) is 0 Å². The van der Waals surface area contributed by atoms with Crippen molar-refractivity contribution in [2.24, 2.45) is 0 Å². The highest BCUT2D eigenvalue weighted by molar-refractivity contribution is 7.99. The van der Waals surface area contributed by atoms with Gasteiger partial charge in [-0.15, -0.1) is 0 Å². The summed E-state index contributed by atoms with van der Waals surface area (Å²) >= 11 is 1.92. The normalized spacial score (nSPS) is 16.4. The largest absolute Gasteiger partial charge is 0.334 e. The lowest BCUT2D eigenvalue weighted by atomic mass is 10.3. The van der Waals surface area contributed by atoms with E-state index in [2.05, 4.69) is 10.3 Å². The van der Waals surface area contributed by atoms with Crippen molar-refractivity contribution in [3.05, 3.63) is 30.1 Å². The molecule has 1 aromatic heterocycles. The highest BCUT2D eigenvalue weighted by Gasteiger charge is 2.14. The van der Waals surface area contributed by atoms with Crippen LogP contribution in [0.5, 0.6) is 0 Å². The molecule has 92 valence electrons. The fourth-order valence-electron chi connectivity index (χ4n) is 1.74. The SMILES string of the molecule is O=C(NCc1cccnc1)N1CCCSCC1. The van der Waals surface area contributed by atoms with Crippen LogP contribution in [0.2, 0.25) is 0 Å². The second-order valence-corrected chi connectivity index (χ2v) is 5.20. The lowest BCUT2D eigenvalue weighted by molar-refractivity contribution is 0.201. The van der Waals surface area contributed by atoms with Crippen LogP contribution in [0, 0.1) is 0 Å². The number of amides is 2. The molecule has 0 saturated carbocycles. The van der Waals surface area contributed by atoms with E-state index in [0.29, 0.717) is 6.54 Å². The van der Waals surface area contributed by atoms with Gasteiger partial charge in [0.25, 0.3) is 0 Å². The van der Waals surface area contributed by atoms with Gasteiger partial charge in [0.05, 0.1) is 0 Å². The molecule has 0 bridgehead atoms. The van der Waals surface area contributed by atoms with E-state index in [1.807, 2.05) is 28.8 Å². The molecule has 1 aromatic rings. The molecular weight excluding hydrogens is 234 g/mol. The van der Waals surface area contributed by atoms with Crippen molar-refractivity contribution < 1.29 is 4.79 Å². The molecule has 2 amide bonds. The highest BCUT2D eigenvalue weighted by Crippen LogP contribution is 2.09. The van der Waals surface area contributed by atoms with E-state index in [1.165, 1.54) is 0 Å². The van der Waals surface area contributed by atoms with E-state index in [9.17, 15) is 4.79 Å². The van der Waals surface area contributed by atoms with Crippen LogP contribution in [0.4, 0.5) is 4.79 Å². The van der Waals surface area contributed by atoms with E-state index in [1.54, 1.807) is 12.4 Å². The monoisotopic (exact) mass is 251 g/mol. The van der Waals surface area contributed by atoms with Gasteiger partial charge >= 0.3 is 6.03 Å². The number of hydrogen-bond donors (Lipinski definition) is 1. The minimum absolute atomic E-state index is 0.0383. The van der Waals surface area contributed by atoms with Crippen LogP contribution in [0.1, 0.15) is 12.0 Å². The number of hydrogen-bond acceptors (Lipinski definition) is 3. The topological polar surface area (TPSA) is 45.2 Å². The Kier molecular flexibility index (Phi) is 4.67. The van der Waals surface area contributed by atoms with Crippen LogP contribution in [0.25, 0.3) is 0 Å². The van der Waals surface area contributed by atoms with Gasteiger partial charge in [-0.3, -0.25) is 4.98 Å². The Balaban J connectivity index is 1.80. The minimum Gasteiger partial charge on any atom is -0.334 e. The summed E-state index contributed by atoms with van der Waals surface area (Å²) in [6.45, 7) is 2.27. The molecule has 1 N–H and O–H groups in total. The first-order valence-corrected chi connectivity index (χ1v) is 7.01. The number of nitrogens with one attached hydrogen (secondary N) is 1. The molecule has 0 atom stereocenters. The molecule has 17 heavy (non-hydrogen) atoms. The third-order valence-corrected chi connectivity index (χ3v) is 3.72. The third kappa shape index (κ3) is 3.93. The number of nitrogens with zero attached hydrogens (tertiary/aromatic N) is 2. The maximum atomic E-state index is 11.9. The first-order chi connectivity index (χ1) is 8.36. The molecule has 1 aliphatic heterocycles. The summed E-state index contributed by atoms with van der Waals surface area (Å²) in [6.07, 6.45) is 4.60. The Hall–Kier alpha value is -1.23. The van der Waals surface area contributed by atoms with Crippen LogP contribution in [0.15, 0.2) is 24.5 Å². The molecule has 2 rings (SSSR count). The van der Waals surface area contributed by atoms with E-state index in [4.69, 9.17) is 0 Å². The van der Waals surface area contributed by atoms with Crippen LogP contribution < -0.4 is 5.32 Å². The third-order valence-electron chi connectivity index (χ3n) is 2.68. The van der Waals surface area contributed by atoms with E-state index in [0.717, 1.165) is 36.6 Å². The Labute approximate surface area is 106 Å². The van der Waals surface area contributed by atoms with Crippen LogP contribution >= 0.6 is 11.8 Å². The molecule has 0 radical (unpaired) electrons. The predicted octanol–water partition coefficient (Wildman–Crippen LogP) is 1.73. The van der Waals surface area contributed by atoms with Gasteiger partial charge in [0.1, 0.15) is 0 Å². The molecule has 2 heterocycles.